The zero-order chi connectivity index (χ0) is 13.3. The van der Waals surface area contributed by atoms with Gasteiger partial charge in [-0.05, 0) is 31.1 Å². The van der Waals surface area contributed by atoms with Gasteiger partial charge in [0.2, 0.25) is 5.91 Å². The van der Waals surface area contributed by atoms with E-state index in [1.54, 1.807) is 0 Å². The van der Waals surface area contributed by atoms with Crippen LogP contribution in [0.1, 0.15) is 32.1 Å². The molecule has 2 aliphatic carbocycles. The minimum atomic E-state index is -1.17. The summed E-state index contributed by atoms with van der Waals surface area (Å²) in [5.74, 6) is -1.63. The number of carbonyl (C=O) groups excluding carboxylic acids is 1. The molecule has 2 fully saturated rings. The minimum absolute atomic E-state index is 0.0366. The number of nitrogens with one attached hydrogen (secondary N) is 1. The average molecular weight is 255 g/mol. The Bertz CT molecular complexity index is 371. The van der Waals surface area contributed by atoms with Crippen molar-refractivity contribution >= 4 is 17.8 Å². The predicted molar refractivity (Wildman–Crippen MR) is 60.8 cm³/mol. The lowest BCUT2D eigenvalue weighted by atomic mass is 10.1. The second-order valence-electron chi connectivity index (χ2n) is 5.12. The number of hydrogen-bond donors (Lipinski definition) is 3. The summed E-state index contributed by atoms with van der Waals surface area (Å²) in [7, 11) is 0. The van der Waals surface area contributed by atoms with Gasteiger partial charge in [0.15, 0.2) is 0 Å². The van der Waals surface area contributed by atoms with Crippen molar-refractivity contribution in [1.29, 1.82) is 0 Å². The van der Waals surface area contributed by atoms with E-state index in [-0.39, 0.29) is 24.7 Å². The molecule has 2 rings (SSSR count). The molecular formula is C12H17NO5. The van der Waals surface area contributed by atoms with E-state index in [2.05, 4.69) is 5.32 Å². The van der Waals surface area contributed by atoms with Gasteiger partial charge in [-0.25, -0.2) is 4.79 Å². The van der Waals surface area contributed by atoms with Gasteiger partial charge in [-0.15, -0.1) is 0 Å². The molecule has 0 aliphatic heterocycles. The molecule has 6 nitrogen and oxygen atoms in total. The first-order valence-electron chi connectivity index (χ1n) is 6.25. The lowest BCUT2D eigenvalue weighted by Gasteiger charge is -2.14. The van der Waals surface area contributed by atoms with Crippen molar-refractivity contribution in [3.63, 3.8) is 0 Å². The molecule has 3 N–H and O–H groups in total. The van der Waals surface area contributed by atoms with Crippen LogP contribution in [0.25, 0.3) is 0 Å². The van der Waals surface area contributed by atoms with E-state index in [0.717, 1.165) is 19.3 Å². The van der Waals surface area contributed by atoms with Crippen LogP contribution in [-0.4, -0.2) is 34.1 Å². The fraction of sp³-hybridized carbons (Fsp3) is 0.750. The monoisotopic (exact) mass is 255 g/mol. The van der Waals surface area contributed by atoms with Crippen molar-refractivity contribution in [1.82, 2.24) is 5.32 Å². The van der Waals surface area contributed by atoms with Crippen LogP contribution in [0.15, 0.2) is 0 Å². The number of rotatable bonds is 6. The highest BCUT2D eigenvalue weighted by atomic mass is 16.4. The van der Waals surface area contributed by atoms with E-state index >= 15 is 0 Å². The highest BCUT2D eigenvalue weighted by molar-refractivity contribution is 5.87. The molecule has 0 aromatic carbocycles. The van der Waals surface area contributed by atoms with Gasteiger partial charge in [-0.2, -0.15) is 0 Å². The third kappa shape index (κ3) is 2.63. The maximum atomic E-state index is 11.9. The summed E-state index contributed by atoms with van der Waals surface area (Å²) in [6, 6.07) is -1.09. The van der Waals surface area contributed by atoms with Gasteiger partial charge >= 0.3 is 11.9 Å². The van der Waals surface area contributed by atoms with Crippen molar-refractivity contribution in [2.45, 2.75) is 38.1 Å². The van der Waals surface area contributed by atoms with Crippen LogP contribution in [0.4, 0.5) is 0 Å². The number of hydrogen-bond acceptors (Lipinski definition) is 3. The summed E-state index contributed by atoms with van der Waals surface area (Å²) < 4.78 is 0. The van der Waals surface area contributed by atoms with Crippen LogP contribution >= 0.6 is 0 Å². The van der Waals surface area contributed by atoms with E-state index in [9.17, 15) is 14.4 Å². The second kappa shape index (κ2) is 4.96. The molecule has 0 radical (unpaired) electrons. The van der Waals surface area contributed by atoms with Gasteiger partial charge in [-0.1, -0.05) is 6.42 Å². The van der Waals surface area contributed by atoms with Gasteiger partial charge in [0, 0.05) is 12.3 Å². The van der Waals surface area contributed by atoms with Crippen molar-refractivity contribution in [3.05, 3.63) is 0 Å². The quantitative estimate of drug-likeness (QED) is 0.640. The summed E-state index contributed by atoms with van der Waals surface area (Å²) in [4.78, 5) is 33.2. The molecule has 0 bridgehead atoms. The zero-order valence-corrected chi connectivity index (χ0v) is 9.96. The Morgan fingerprint density at radius 1 is 1.17 bits per heavy atom. The van der Waals surface area contributed by atoms with E-state index in [1.807, 2.05) is 0 Å². The molecule has 18 heavy (non-hydrogen) atoms. The second-order valence-corrected chi connectivity index (χ2v) is 5.12. The van der Waals surface area contributed by atoms with Gasteiger partial charge < -0.3 is 15.5 Å². The van der Waals surface area contributed by atoms with E-state index < -0.39 is 18.0 Å². The topological polar surface area (TPSA) is 104 Å². The molecule has 0 heterocycles. The lowest BCUT2D eigenvalue weighted by molar-refractivity contribution is -0.143. The average Bonchev–Trinajstić information content (AvgIpc) is 2.77. The molecule has 0 aromatic heterocycles. The molecule has 2 aliphatic rings. The largest absolute Gasteiger partial charge is 0.481 e. The van der Waals surface area contributed by atoms with Gasteiger partial charge in [0.25, 0.3) is 0 Å². The Morgan fingerprint density at radius 3 is 2.28 bits per heavy atom. The van der Waals surface area contributed by atoms with Gasteiger partial charge in [-0.3, -0.25) is 9.59 Å². The Balaban J connectivity index is 1.83. The normalized spacial score (nSPS) is 30.3. The Hall–Kier alpha value is -1.59. The van der Waals surface area contributed by atoms with E-state index in [4.69, 9.17) is 10.2 Å². The summed E-state index contributed by atoms with van der Waals surface area (Å²) in [5, 5.41) is 19.9. The summed E-state index contributed by atoms with van der Waals surface area (Å²) in [6.45, 7) is 0. The van der Waals surface area contributed by atoms with Crippen LogP contribution in [0.5, 0.6) is 0 Å². The number of carboxylic acid groups (broad SMARTS) is 2. The van der Waals surface area contributed by atoms with Crippen LogP contribution in [0.2, 0.25) is 0 Å². The van der Waals surface area contributed by atoms with E-state index in [1.165, 1.54) is 0 Å². The zero-order valence-electron chi connectivity index (χ0n) is 9.96. The first kappa shape index (κ1) is 12.9. The Morgan fingerprint density at radius 2 is 1.78 bits per heavy atom. The van der Waals surface area contributed by atoms with Crippen LogP contribution in [0, 0.1) is 17.8 Å². The highest BCUT2D eigenvalue weighted by Gasteiger charge is 2.56. The summed E-state index contributed by atoms with van der Waals surface area (Å²) >= 11 is 0. The van der Waals surface area contributed by atoms with Crippen molar-refractivity contribution in [2.75, 3.05) is 0 Å². The minimum Gasteiger partial charge on any atom is -0.481 e. The number of carboxylic acids is 2. The van der Waals surface area contributed by atoms with E-state index in [0.29, 0.717) is 11.8 Å². The molecule has 1 amide bonds. The fourth-order valence-electron chi connectivity index (χ4n) is 3.00. The SMILES string of the molecule is O=C(O)CC[C@H](NC(=O)C1C2CCCC21)C(=O)O. The summed E-state index contributed by atoms with van der Waals surface area (Å²) in [5.41, 5.74) is 0. The molecule has 0 aromatic rings. The molecule has 100 valence electrons. The molecule has 6 heteroatoms. The van der Waals surface area contributed by atoms with Crippen molar-refractivity contribution in [3.8, 4) is 0 Å². The molecule has 3 atom stereocenters. The molecule has 0 spiro atoms. The number of fused-ring (bicyclic) bond motifs is 1. The first-order chi connectivity index (χ1) is 8.50. The molecule has 2 unspecified atom stereocenters. The smallest absolute Gasteiger partial charge is 0.326 e. The molecule has 2 saturated carbocycles. The summed E-state index contributed by atoms with van der Waals surface area (Å²) in [6.07, 6.45) is 2.93. The molecular weight excluding hydrogens is 238 g/mol. The van der Waals surface area contributed by atoms with Crippen molar-refractivity contribution < 1.29 is 24.6 Å². The number of aliphatic carboxylic acids is 2. The third-order valence-corrected chi connectivity index (χ3v) is 3.97. The fourth-order valence-corrected chi connectivity index (χ4v) is 3.00. The predicted octanol–water partition coefficient (Wildman–Crippen LogP) is 0.467. The molecule has 0 saturated heterocycles. The van der Waals surface area contributed by atoms with Crippen LogP contribution in [-0.2, 0) is 14.4 Å². The Labute approximate surface area is 104 Å². The number of amides is 1. The standard InChI is InChI=1S/C12H17NO5/c14-9(15)5-4-8(12(17)18)13-11(16)10-6-2-1-3-7(6)10/h6-8,10H,1-5H2,(H,13,16)(H,14,15)(H,17,18)/t6?,7?,8-,10?/m0/s1. The van der Waals surface area contributed by atoms with Gasteiger partial charge in [0.1, 0.15) is 6.04 Å². The lowest BCUT2D eigenvalue weighted by Crippen LogP contribution is -2.42. The third-order valence-electron chi connectivity index (χ3n) is 3.97. The van der Waals surface area contributed by atoms with Crippen LogP contribution < -0.4 is 5.32 Å². The maximum absolute atomic E-state index is 11.9. The highest BCUT2D eigenvalue weighted by Crippen LogP contribution is 2.57. The maximum Gasteiger partial charge on any atom is 0.326 e. The van der Waals surface area contributed by atoms with Crippen LogP contribution in [0.3, 0.4) is 0 Å². The number of carbonyl (C=O) groups is 3. The van der Waals surface area contributed by atoms with Gasteiger partial charge in [0.05, 0.1) is 0 Å². The first-order valence-corrected chi connectivity index (χ1v) is 6.25. The van der Waals surface area contributed by atoms with Crippen molar-refractivity contribution in [2.24, 2.45) is 17.8 Å². The Kier molecular flexibility index (Phi) is 3.54.